The molecule has 12 fully saturated rings. The summed E-state index contributed by atoms with van der Waals surface area (Å²) in [5.41, 5.74) is -5.71. The fourth-order valence-electron chi connectivity index (χ4n) is 26.8. The number of aliphatic hydroxyl groups excluding tert-OH is 8. The Morgan fingerprint density at radius 3 is 0.645 bits per heavy atom. The number of aliphatic hydroxyl groups is 8. The third-order valence-electron chi connectivity index (χ3n) is 34.8. The molecule has 8 N–H and O–H groups in total. The van der Waals surface area contributed by atoms with E-state index in [1.165, 1.54) is 0 Å². The first kappa shape index (κ1) is 93.1. The van der Waals surface area contributed by atoms with E-state index in [9.17, 15) is 79.2 Å². The van der Waals surface area contributed by atoms with Gasteiger partial charge in [-0.1, -0.05) is 135 Å². The van der Waals surface area contributed by atoms with Crippen LogP contribution in [0, 0.1) is 136 Å². The number of esters is 4. The Morgan fingerprint density at radius 1 is 0.336 bits per heavy atom. The molecule has 0 aliphatic heterocycles. The highest BCUT2D eigenvalue weighted by molar-refractivity contribution is 7.37. The van der Waals surface area contributed by atoms with E-state index >= 15 is 0 Å². The molecule has 0 spiro atoms. The van der Waals surface area contributed by atoms with Crippen LogP contribution in [-0.4, -0.2) is 163 Å². The van der Waals surface area contributed by atoms with Crippen molar-refractivity contribution in [2.24, 2.45) is 136 Å². The van der Waals surface area contributed by atoms with E-state index in [0.29, 0.717) is 51.4 Å². The summed E-state index contributed by atoms with van der Waals surface area (Å²) in [6.07, 6.45) is 16.4. The van der Waals surface area contributed by atoms with Gasteiger partial charge in [0.1, 0.15) is 74.0 Å². The first-order valence-corrected chi connectivity index (χ1v) is 40.8. The van der Waals surface area contributed by atoms with Gasteiger partial charge in [-0.15, -0.1) is 26.3 Å². The Kier molecular flexibility index (Phi) is 28.3. The molecule has 0 unspecified atom stereocenters. The summed E-state index contributed by atoms with van der Waals surface area (Å²) < 4.78 is 23.1. The van der Waals surface area contributed by atoms with E-state index in [1.54, 1.807) is 24.3 Å². The molecule has 0 aromatic heterocycles. The maximum absolute atomic E-state index is 13.1. The van der Waals surface area contributed by atoms with Gasteiger partial charge >= 0.3 is 23.9 Å². The first-order valence-electron chi connectivity index (χ1n) is 40.8. The maximum atomic E-state index is 13.1. The normalized spacial score (nSPS) is 48.8. The predicted octanol–water partition coefficient (Wildman–Crippen LogP) is 11.5. The summed E-state index contributed by atoms with van der Waals surface area (Å²) in [7, 11) is 0. The molecule has 32 atom stereocenters. The second kappa shape index (κ2) is 33.5. The molecular formula is C88H136O20S2-4. The standard InChI is InChI=1S/4C22H34O5.2S/c4*1-6-20(4)11-16(27-17(25)12-23)21(5)13(2)7-9-22(14(3)19(20)26)10-8-15(24)18(21)22;;/h4*6,13-14,16,18-19,23,26H,1,7-12H2,2-5H3;;/q;;;;2*-2/t4*13-,14+,16-,18-,19+,20-,21+,22+;;/m1111../s1. The molecule has 20 nitrogen and oxygen atoms in total. The van der Waals surface area contributed by atoms with E-state index < -0.39 is 142 Å². The lowest BCUT2D eigenvalue weighted by atomic mass is 9.44. The van der Waals surface area contributed by atoms with Crippen LogP contribution in [0.15, 0.2) is 50.6 Å². The molecule has 12 aliphatic carbocycles. The minimum atomic E-state index is -0.686. The smallest absolute Gasteiger partial charge is 0.332 e. The summed E-state index contributed by atoms with van der Waals surface area (Å²) in [5, 5.41) is 82.4. The summed E-state index contributed by atoms with van der Waals surface area (Å²) >= 11 is 0. The number of ether oxygens (including phenoxy) is 4. The fourth-order valence-corrected chi connectivity index (χ4v) is 26.8. The van der Waals surface area contributed by atoms with E-state index in [-0.39, 0.29) is 143 Å². The van der Waals surface area contributed by atoms with Gasteiger partial charge in [-0.2, -0.15) is 0 Å². The number of ketones is 4. The van der Waals surface area contributed by atoms with E-state index in [1.807, 2.05) is 27.7 Å². The van der Waals surface area contributed by atoms with Gasteiger partial charge in [-0.05, 0) is 172 Å². The summed E-state index contributed by atoms with van der Waals surface area (Å²) in [6, 6.07) is 0. The zero-order valence-corrected chi connectivity index (χ0v) is 70.6. The van der Waals surface area contributed by atoms with Gasteiger partial charge in [0.05, 0.1) is 24.4 Å². The number of carbonyl (C=O) groups excluding carboxylic acids is 8. The lowest BCUT2D eigenvalue weighted by Gasteiger charge is -2.61. The number of rotatable bonds is 12. The quantitative estimate of drug-likeness (QED) is 0.0511. The van der Waals surface area contributed by atoms with Crippen molar-refractivity contribution in [1.29, 1.82) is 0 Å². The van der Waals surface area contributed by atoms with Crippen molar-refractivity contribution in [3.05, 3.63) is 50.6 Å². The zero-order chi connectivity index (χ0) is 80.8. The molecule has 0 aromatic carbocycles. The summed E-state index contributed by atoms with van der Waals surface area (Å²) in [6.45, 7) is 46.2. The number of Topliss-reactive ketones (excluding diaryl/α,β-unsaturated/α-hetero) is 4. The summed E-state index contributed by atoms with van der Waals surface area (Å²) in [5.74, 6) is -2.08. The van der Waals surface area contributed by atoms with Crippen LogP contribution in [0.3, 0.4) is 0 Å². The highest BCUT2D eigenvalue weighted by Gasteiger charge is 2.73. The van der Waals surface area contributed by atoms with Gasteiger partial charge in [-0.25, -0.2) is 19.2 Å². The molecule has 0 saturated heterocycles. The predicted molar refractivity (Wildman–Crippen MR) is 422 cm³/mol. The number of carbonyl (C=O) groups is 8. The van der Waals surface area contributed by atoms with E-state index in [4.69, 9.17) is 18.9 Å². The van der Waals surface area contributed by atoms with Gasteiger partial charge in [0.25, 0.3) is 0 Å². The number of hydrogen-bond donors (Lipinski definition) is 8. The van der Waals surface area contributed by atoms with Crippen LogP contribution in [0.4, 0.5) is 0 Å². The van der Waals surface area contributed by atoms with Crippen LogP contribution in [0.5, 0.6) is 0 Å². The molecule has 624 valence electrons. The van der Waals surface area contributed by atoms with Crippen LogP contribution < -0.4 is 0 Å². The van der Waals surface area contributed by atoms with Crippen molar-refractivity contribution >= 4 is 74.0 Å². The fraction of sp³-hybridized carbons (Fsp3) is 0.818. The van der Waals surface area contributed by atoms with Gasteiger partial charge in [0, 0.05) is 92.7 Å². The molecule has 22 heteroatoms. The van der Waals surface area contributed by atoms with Crippen molar-refractivity contribution in [2.45, 2.75) is 288 Å². The van der Waals surface area contributed by atoms with Crippen LogP contribution >= 0.6 is 0 Å². The Morgan fingerprint density at radius 2 is 0.500 bits per heavy atom. The molecule has 0 amide bonds. The Balaban J connectivity index is 0.000000203. The Bertz CT molecular complexity index is 3030. The lowest BCUT2D eigenvalue weighted by Crippen LogP contribution is -2.63. The lowest BCUT2D eigenvalue weighted by molar-refractivity contribution is -0.207. The maximum Gasteiger partial charge on any atom is 0.332 e. The molecule has 0 heterocycles. The Hall–Kier alpha value is -4.10. The van der Waals surface area contributed by atoms with Gasteiger partial charge in [0.2, 0.25) is 0 Å². The molecule has 12 rings (SSSR count). The van der Waals surface area contributed by atoms with Gasteiger partial charge in [-0.3, -0.25) is 19.2 Å². The molecule has 0 radical (unpaired) electrons. The van der Waals surface area contributed by atoms with E-state index in [0.717, 1.165) is 77.0 Å². The molecule has 8 bridgehead atoms. The largest absolute Gasteiger partial charge is 2.00 e. The second-order valence-corrected chi connectivity index (χ2v) is 38.9. The first-order chi connectivity index (χ1) is 50.3. The minimum Gasteiger partial charge on any atom is -2.00 e. The molecule has 0 aromatic rings. The van der Waals surface area contributed by atoms with Crippen LogP contribution in [0.1, 0.15) is 239 Å². The van der Waals surface area contributed by atoms with Crippen molar-refractivity contribution in [2.75, 3.05) is 26.4 Å². The van der Waals surface area contributed by atoms with Crippen molar-refractivity contribution in [3.63, 3.8) is 0 Å². The van der Waals surface area contributed by atoms with Crippen molar-refractivity contribution in [3.8, 4) is 0 Å². The van der Waals surface area contributed by atoms with Crippen molar-refractivity contribution in [1.82, 2.24) is 0 Å². The Labute approximate surface area is 669 Å². The highest BCUT2D eigenvalue weighted by atomic mass is 32.1. The number of hydrogen-bond acceptors (Lipinski definition) is 20. The third-order valence-corrected chi connectivity index (χ3v) is 34.8. The van der Waals surface area contributed by atoms with Crippen LogP contribution in [0.2, 0.25) is 0 Å². The third kappa shape index (κ3) is 14.5. The topological polar surface area (TPSA) is 335 Å². The van der Waals surface area contributed by atoms with Gasteiger partial charge in [0.15, 0.2) is 0 Å². The highest BCUT2D eigenvalue weighted by Crippen LogP contribution is 2.73. The SMILES string of the molecule is C=C[C@]1(C)C[C@@H](OC(=O)CO)[C@]2(C)[C@H](C)CC[C@]3(CCC(=O)[C@@H]32)[C@@H](C)[C@@H]1O.C=C[C@]1(C)C[C@@H](OC(=O)CO)[C@]2(C)[C@H](C)CC[C@]3(CCC(=O)[C@@H]32)[C@@H](C)[C@@H]1O.C=C[C@]1(C)C[C@@H](OC(=O)CO)[C@]2(C)[C@H](C)CC[C@]3(CCC(=O)[C@@H]32)[C@@H](C)[C@@H]1O.C=C[C@]1(C)C[C@@H](OC(=O)CO)[C@]2(C)[C@H](C)CC[C@]3(CCC(=O)[C@@H]32)[C@@H](C)[C@@H]1O.[S-2].[S-2]. The molecular weight excluding hydrogens is 1440 g/mol. The monoisotopic (exact) mass is 1580 g/mol. The summed E-state index contributed by atoms with van der Waals surface area (Å²) in [4.78, 5) is 101. The zero-order valence-electron chi connectivity index (χ0n) is 68.9. The molecule has 12 aliphatic rings. The van der Waals surface area contributed by atoms with Crippen LogP contribution in [-0.2, 0) is 84.3 Å². The molecule has 110 heavy (non-hydrogen) atoms. The minimum absolute atomic E-state index is 0. The van der Waals surface area contributed by atoms with E-state index in [2.05, 4.69) is 109 Å². The average molecular weight is 1580 g/mol. The van der Waals surface area contributed by atoms with Gasteiger partial charge < -0.3 is 86.8 Å². The molecule has 12 saturated carbocycles. The average Bonchev–Trinajstić information content (AvgIpc) is 1.44. The van der Waals surface area contributed by atoms with Crippen molar-refractivity contribution < 1.29 is 98.2 Å². The second-order valence-electron chi connectivity index (χ2n) is 38.9. The van der Waals surface area contributed by atoms with Crippen LogP contribution in [0.25, 0.3) is 0 Å².